The first kappa shape index (κ1) is 60.3. The van der Waals surface area contributed by atoms with Gasteiger partial charge in [-0.15, -0.1) is 0 Å². The molecule has 0 N–H and O–H groups in total. The van der Waals surface area contributed by atoms with E-state index in [1.165, 1.54) is 96.3 Å². The van der Waals surface area contributed by atoms with Gasteiger partial charge in [-0.1, -0.05) is 227 Å². The predicted molar refractivity (Wildman–Crippen MR) is 274 cm³/mol. The average Bonchev–Trinajstić information content (AvgIpc) is 3.29. The maximum atomic E-state index is 12.8. The summed E-state index contributed by atoms with van der Waals surface area (Å²) >= 11 is 0. The van der Waals surface area contributed by atoms with Crippen molar-refractivity contribution in [1.82, 2.24) is 0 Å². The first-order valence-electron chi connectivity index (χ1n) is 26.2. The van der Waals surface area contributed by atoms with E-state index in [0.717, 1.165) is 83.5 Å². The normalized spacial score (nSPS) is 12.9. The van der Waals surface area contributed by atoms with Crippen LogP contribution in [0.4, 0.5) is 0 Å². The molecule has 1 atom stereocenters. The van der Waals surface area contributed by atoms with Crippen molar-refractivity contribution in [3.05, 3.63) is 97.2 Å². The van der Waals surface area contributed by atoms with Gasteiger partial charge in [0.2, 0.25) is 0 Å². The molecule has 0 aromatic carbocycles. The summed E-state index contributed by atoms with van der Waals surface area (Å²) in [6.07, 6.45) is 68.4. The Labute approximate surface area is 394 Å². The van der Waals surface area contributed by atoms with E-state index in [-0.39, 0.29) is 31.6 Å². The molecular weight excluding hydrogens is 793 g/mol. The van der Waals surface area contributed by atoms with E-state index in [2.05, 4.69) is 106 Å². The van der Waals surface area contributed by atoms with Crippen LogP contribution in [-0.4, -0.2) is 37.2 Å². The van der Waals surface area contributed by atoms with Crippen molar-refractivity contribution in [2.75, 3.05) is 13.2 Å². The molecule has 6 heteroatoms. The standard InChI is InChI=1S/C58H96O6/c1-4-7-10-13-16-19-22-25-27-29-30-32-33-36-39-42-45-48-51-57(60)63-54-55(53-62-56(59)50-47-44-41-38-35-24-21-18-15-12-9-6-3)64-58(61)52-49-46-43-40-37-34-31-28-26-23-20-17-14-11-8-5-2/h8-9,11-12,17-18,20-21,26,28,34-35,37-38,43,46,55H,4-7,10,13-16,19,22-25,27,29-33,36,39-42,44-45,47-54H2,1-3H3/b11-8-,12-9-,20-17-,21-18-,28-26-,37-34-,38-35-,46-43-. The van der Waals surface area contributed by atoms with Crippen LogP contribution in [0.3, 0.4) is 0 Å². The number of hydrogen-bond donors (Lipinski definition) is 0. The predicted octanol–water partition coefficient (Wildman–Crippen LogP) is 17.4. The summed E-state index contributed by atoms with van der Waals surface area (Å²) in [7, 11) is 0. The number of rotatable bonds is 46. The minimum atomic E-state index is -0.831. The summed E-state index contributed by atoms with van der Waals surface area (Å²) in [6, 6.07) is 0. The molecule has 64 heavy (non-hydrogen) atoms. The molecule has 0 spiro atoms. The Morgan fingerprint density at radius 1 is 0.328 bits per heavy atom. The van der Waals surface area contributed by atoms with Crippen LogP contribution in [0.2, 0.25) is 0 Å². The van der Waals surface area contributed by atoms with Crippen molar-refractivity contribution in [2.24, 2.45) is 0 Å². The van der Waals surface area contributed by atoms with Gasteiger partial charge in [-0.05, 0) is 83.5 Å². The maximum Gasteiger partial charge on any atom is 0.306 e. The number of unbranched alkanes of at least 4 members (excludes halogenated alkanes) is 19. The van der Waals surface area contributed by atoms with Gasteiger partial charge in [-0.25, -0.2) is 0 Å². The summed E-state index contributed by atoms with van der Waals surface area (Å²) in [4.78, 5) is 37.9. The highest BCUT2D eigenvalue weighted by molar-refractivity contribution is 5.71. The number of carbonyl (C=O) groups is 3. The smallest absolute Gasteiger partial charge is 0.306 e. The quantitative estimate of drug-likeness (QED) is 0.0262. The summed E-state index contributed by atoms with van der Waals surface area (Å²) in [5.41, 5.74) is 0. The molecule has 0 aliphatic heterocycles. The molecule has 0 fully saturated rings. The van der Waals surface area contributed by atoms with E-state index in [1.807, 2.05) is 12.2 Å². The van der Waals surface area contributed by atoms with Gasteiger partial charge in [-0.2, -0.15) is 0 Å². The molecule has 0 radical (unpaired) electrons. The third kappa shape index (κ3) is 49.3. The van der Waals surface area contributed by atoms with E-state index < -0.39 is 12.1 Å². The third-order valence-electron chi connectivity index (χ3n) is 10.8. The maximum absolute atomic E-state index is 12.8. The van der Waals surface area contributed by atoms with Gasteiger partial charge in [0.15, 0.2) is 6.10 Å². The van der Waals surface area contributed by atoms with Crippen molar-refractivity contribution in [1.29, 1.82) is 0 Å². The van der Waals surface area contributed by atoms with Gasteiger partial charge < -0.3 is 14.2 Å². The summed E-state index contributed by atoms with van der Waals surface area (Å²) in [5.74, 6) is -1.04. The van der Waals surface area contributed by atoms with Gasteiger partial charge in [0, 0.05) is 19.3 Å². The van der Waals surface area contributed by atoms with E-state index >= 15 is 0 Å². The minimum absolute atomic E-state index is 0.118. The Balaban J connectivity index is 4.49. The van der Waals surface area contributed by atoms with Crippen LogP contribution >= 0.6 is 0 Å². The lowest BCUT2D eigenvalue weighted by molar-refractivity contribution is -0.166. The molecule has 364 valence electrons. The lowest BCUT2D eigenvalue weighted by Crippen LogP contribution is -2.30. The lowest BCUT2D eigenvalue weighted by Gasteiger charge is -2.18. The Morgan fingerprint density at radius 2 is 0.641 bits per heavy atom. The molecular formula is C58H96O6. The van der Waals surface area contributed by atoms with Gasteiger partial charge in [0.25, 0.3) is 0 Å². The van der Waals surface area contributed by atoms with Gasteiger partial charge in [-0.3, -0.25) is 14.4 Å². The number of ether oxygens (including phenoxy) is 3. The highest BCUT2D eigenvalue weighted by Crippen LogP contribution is 2.15. The second-order valence-electron chi connectivity index (χ2n) is 17.0. The highest BCUT2D eigenvalue weighted by atomic mass is 16.6. The molecule has 0 saturated heterocycles. The van der Waals surface area contributed by atoms with Crippen LogP contribution in [0.15, 0.2) is 97.2 Å². The van der Waals surface area contributed by atoms with E-state index in [1.54, 1.807) is 0 Å². The Morgan fingerprint density at radius 3 is 1.02 bits per heavy atom. The SMILES string of the molecule is CC/C=C\C/C=C\C/C=C\C/C=C\C/C=C\CCC(=O)OC(COC(=O)CCCC/C=C\C/C=C\C/C=C\CC)COC(=O)CCCCCCCCCCCCCCCCCCCC. The molecule has 6 nitrogen and oxygen atoms in total. The van der Waals surface area contributed by atoms with Crippen molar-refractivity contribution in [3.63, 3.8) is 0 Å². The summed E-state index contributed by atoms with van der Waals surface area (Å²) in [6.45, 7) is 6.31. The van der Waals surface area contributed by atoms with Crippen molar-refractivity contribution in [3.8, 4) is 0 Å². The van der Waals surface area contributed by atoms with Crippen LogP contribution in [-0.2, 0) is 28.6 Å². The first-order valence-corrected chi connectivity index (χ1v) is 26.2. The number of allylic oxidation sites excluding steroid dienone is 16. The van der Waals surface area contributed by atoms with E-state index in [0.29, 0.717) is 25.7 Å². The number of carbonyl (C=O) groups excluding carboxylic acids is 3. The molecule has 0 heterocycles. The zero-order chi connectivity index (χ0) is 46.5. The van der Waals surface area contributed by atoms with Crippen molar-refractivity contribution < 1.29 is 28.6 Å². The van der Waals surface area contributed by atoms with Gasteiger partial charge in [0.05, 0.1) is 0 Å². The van der Waals surface area contributed by atoms with Crippen LogP contribution in [0.25, 0.3) is 0 Å². The Hall–Kier alpha value is -3.67. The summed E-state index contributed by atoms with van der Waals surface area (Å²) < 4.78 is 16.7. The first-order chi connectivity index (χ1) is 31.5. The molecule has 0 amide bonds. The minimum Gasteiger partial charge on any atom is -0.462 e. The van der Waals surface area contributed by atoms with Crippen molar-refractivity contribution in [2.45, 2.75) is 239 Å². The molecule has 0 aliphatic rings. The molecule has 0 rings (SSSR count). The monoisotopic (exact) mass is 889 g/mol. The fraction of sp³-hybridized carbons (Fsp3) is 0.672. The van der Waals surface area contributed by atoms with Crippen LogP contribution in [0.1, 0.15) is 233 Å². The number of hydrogen-bond acceptors (Lipinski definition) is 6. The summed E-state index contributed by atoms with van der Waals surface area (Å²) in [5, 5.41) is 0. The molecule has 0 aliphatic carbocycles. The molecule has 0 saturated carbocycles. The Kier molecular flexibility index (Phi) is 49.0. The second-order valence-corrected chi connectivity index (χ2v) is 17.0. The highest BCUT2D eigenvalue weighted by Gasteiger charge is 2.19. The van der Waals surface area contributed by atoms with Crippen LogP contribution in [0, 0.1) is 0 Å². The van der Waals surface area contributed by atoms with Gasteiger partial charge in [0.1, 0.15) is 13.2 Å². The lowest BCUT2D eigenvalue weighted by atomic mass is 10.0. The van der Waals surface area contributed by atoms with Crippen LogP contribution < -0.4 is 0 Å². The fourth-order valence-electron chi connectivity index (χ4n) is 6.98. The van der Waals surface area contributed by atoms with Gasteiger partial charge >= 0.3 is 17.9 Å². The topological polar surface area (TPSA) is 78.9 Å². The average molecular weight is 889 g/mol. The molecule has 0 bridgehead atoms. The zero-order valence-electron chi connectivity index (χ0n) is 41.5. The van der Waals surface area contributed by atoms with Crippen LogP contribution in [0.5, 0.6) is 0 Å². The second kappa shape index (κ2) is 52.0. The Bertz CT molecular complexity index is 1300. The third-order valence-corrected chi connectivity index (χ3v) is 10.8. The molecule has 0 aromatic heterocycles. The van der Waals surface area contributed by atoms with E-state index in [9.17, 15) is 14.4 Å². The molecule has 1 unspecified atom stereocenters. The van der Waals surface area contributed by atoms with E-state index in [4.69, 9.17) is 14.2 Å². The fourth-order valence-corrected chi connectivity index (χ4v) is 6.98. The van der Waals surface area contributed by atoms with Crippen molar-refractivity contribution >= 4 is 17.9 Å². The zero-order valence-corrected chi connectivity index (χ0v) is 41.5. The largest absolute Gasteiger partial charge is 0.462 e. The number of esters is 3. The molecule has 0 aromatic rings.